The van der Waals surface area contributed by atoms with Crippen LogP contribution in [0.4, 0.5) is 4.39 Å². The second-order valence-electron chi connectivity index (χ2n) is 2.78. The van der Waals surface area contributed by atoms with Crippen molar-refractivity contribution >= 4 is 28.3 Å². The fraction of sp³-hybridized carbons (Fsp3) is 0.333. The average molecular weight is 285 g/mol. The molecule has 0 spiro atoms. The molecular weight excluding hydrogens is 272 g/mol. The monoisotopic (exact) mass is 283 g/mol. The summed E-state index contributed by atoms with van der Waals surface area (Å²) in [6, 6.07) is 4.03. The molecule has 0 saturated heterocycles. The van der Waals surface area contributed by atoms with Gasteiger partial charge in [0, 0.05) is 17.1 Å². The van der Waals surface area contributed by atoms with E-state index in [2.05, 4.69) is 15.9 Å². The molecule has 0 amide bonds. The quantitative estimate of drug-likeness (QED) is 0.895. The SMILES string of the molecule is Cl.N[C@@H](CCO)c1cc(F)ccc1Br. The zero-order valence-electron chi connectivity index (χ0n) is 7.41. The van der Waals surface area contributed by atoms with Crippen molar-refractivity contribution in [2.24, 2.45) is 5.73 Å². The molecule has 0 fully saturated rings. The van der Waals surface area contributed by atoms with Crippen molar-refractivity contribution in [3.63, 3.8) is 0 Å². The van der Waals surface area contributed by atoms with Gasteiger partial charge in [-0.25, -0.2) is 4.39 Å². The van der Waals surface area contributed by atoms with Crippen LogP contribution in [0.1, 0.15) is 18.0 Å². The minimum Gasteiger partial charge on any atom is -0.396 e. The molecule has 0 aliphatic carbocycles. The Balaban J connectivity index is 0.00000169. The molecule has 5 heteroatoms. The molecular formula is C9H12BrClFNO. The lowest BCUT2D eigenvalue weighted by Crippen LogP contribution is -2.12. The van der Waals surface area contributed by atoms with E-state index in [0.29, 0.717) is 12.0 Å². The summed E-state index contributed by atoms with van der Waals surface area (Å²) in [6.07, 6.45) is 0.433. The Kier molecular flexibility index (Phi) is 6.27. The zero-order chi connectivity index (χ0) is 9.84. The van der Waals surface area contributed by atoms with Gasteiger partial charge in [0.2, 0.25) is 0 Å². The Bertz CT molecular complexity index is 298. The van der Waals surface area contributed by atoms with Crippen LogP contribution in [-0.4, -0.2) is 11.7 Å². The van der Waals surface area contributed by atoms with Crippen molar-refractivity contribution in [3.8, 4) is 0 Å². The highest BCUT2D eigenvalue weighted by molar-refractivity contribution is 9.10. The van der Waals surface area contributed by atoms with Crippen LogP contribution in [0.25, 0.3) is 0 Å². The Hall–Kier alpha value is -0.160. The number of nitrogens with two attached hydrogens (primary N) is 1. The van der Waals surface area contributed by atoms with Gasteiger partial charge in [0.15, 0.2) is 0 Å². The first-order valence-electron chi connectivity index (χ1n) is 3.96. The van der Waals surface area contributed by atoms with Gasteiger partial charge >= 0.3 is 0 Å². The van der Waals surface area contributed by atoms with E-state index in [1.807, 2.05) is 0 Å². The maximum Gasteiger partial charge on any atom is 0.123 e. The minimum atomic E-state index is -0.324. The maximum absolute atomic E-state index is 12.8. The molecule has 0 unspecified atom stereocenters. The number of halogens is 3. The highest BCUT2D eigenvalue weighted by Crippen LogP contribution is 2.24. The summed E-state index contributed by atoms with van der Waals surface area (Å²) in [5, 5.41) is 8.67. The van der Waals surface area contributed by atoms with E-state index < -0.39 is 0 Å². The van der Waals surface area contributed by atoms with Gasteiger partial charge in [0.1, 0.15) is 5.82 Å². The van der Waals surface area contributed by atoms with Crippen LogP contribution in [-0.2, 0) is 0 Å². The van der Waals surface area contributed by atoms with Gasteiger partial charge in [-0.2, -0.15) is 0 Å². The molecule has 0 saturated carbocycles. The van der Waals surface area contributed by atoms with Crippen LogP contribution in [0.15, 0.2) is 22.7 Å². The van der Waals surface area contributed by atoms with Crippen LogP contribution in [0.3, 0.4) is 0 Å². The first-order valence-corrected chi connectivity index (χ1v) is 4.76. The lowest BCUT2D eigenvalue weighted by molar-refractivity contribution is 0.276. The molecule has 2 nitrogen and oxygen atoms in total. The third kappa shape index (κ3) is 3.53. The summed E-state index contributed by atoms with van der Waals surface area (Å²) >= 11 is 3.27. The smallest absolute Gasteiger partial charge is 0.123 e. The van der Waals surface area contributed by atoms with E-state index >= 15 is 0 Å². The average Bonchev–Trinajstić information content (AvgIpc) is 2.09. The molecule has 1 aromatic carbocycles. The molecule has 0 bridgehead atoms. The minimum absolute atomic E-state index is 0. The van der Waals surface area contributed by atoms with Gasteiger partial charge < -0.3 is 10.8 Å². The summed E-state index contributed by atoms with van der Waals surface area (Å²) in [5.41, 5.74) is 6.41. The first kappa shape index (κ1) is 13.8. The molecule has 0 radical (unpaired) electrons. The topological polar surface area (TPSA) is 46.2 Å². The highest BCUT2D eigenvalue weighted by atomic mass is 79.9. The molecule has 0 aliphatic heterocycles. The summed E-state index contributed by atoms with van der Waals surface area (Å²) < 4.78 is 13.6. The number of rotatable bonds is 3. The van der Waals surface area contributed by atoms with Gasteiger partial charge in [-0.3, -0.25) is 0 Å². The van der Waals surface area contributed by atoms with Crippen LogP contribution < -0.4 is 5.73 Å². The van der Waals surface area contributed by atoms with Gasteiger partial charge in [0.05, 0.1) is 0 Å². The van der Waals surface area contributed by atoms with Crippen molar-refractivity contribution in [3.05, 3.63) is 34.1 Å². The van der Waals surface area contributed by atoms with Crippen LogP contribution in [0.2, 0.25) is 0 Å². The largest absolute Gasteiger partial charge is 0.396 e. The number of benzene rings is 1. The lowest BCUT2D eigenvalue weighted by Gasteiger charge is -2.12. The van der Waals surface area contributed by atoms with Crippen LogP contribution >= 0.6 is 28.3 Å². The van der Waals surface area contributed by atoms with Gasteiger partial charge in [0.25, 0.3) is 0 Å². The summed E-state index contributed by atoms with van der Waals surface area (Å²) in [7, 11) is 0. The highest BCUT2D eigenvalue weighted by Gasteiger charge is 2.09. The lowest BCUT2D eigenvalue weighted by atomic mass is 10.1. The predicted molar refractivity (Wildman–Crippen MR) is 60.0 cm³/mol. The van der Waals surface area contributed by atoms with E-state index in [1.54, 1.807) is 6.07 Å². The Labute approximate surface area is 96.8 Å². The van der Waals surface area contributed by atoms with E-state index in [0.717, 1.165) is 4.47 Å². The number of hydrogen-bond donors (Lipinski definition) is 2. The van der Waals surface area contributed by atoms with Gasteiger partial charge in [-0.05, 0) is 30.2 Å². The first-order chi connectivity index (χ1) is 6.15. The summed E-state index contributed by atoms with van der Waals surface area (Å²) in [4.78, 5) is 0. The molecule has 0 heterocycles. The molecule has 1 atom stereocenters. The van der Waals surface area contributed by atoms with Crippen molar-refractivity contribution in [2.75, 3.05) is 6.61 Å². The van der Waals surface area contributed by atoms with E-state index in [4.69, 9.17) is 10.8 Å². The summed E-state index contributed by atoms with van der Waals surface area (Å²) in [5.74, 6) is -0.313. The molecule has 80 valence electrons. The Morgan fingerprint density at radius 1 is 1.50 bits per heavy atom. The molecule has 3 N–H and O–H groups in total. The standard InChI is InChI=1S/C9H11BrFNO.ClH/c10-8-2-1-6(11)5-7(8)9(12)3-4-13;/h1-2,5,9,13H,3-4,12H2;1H/t9-;/m0./s1. The second-order valence-corrected chi connectivity index (χ2v) is 3.64. The molecule has 0 aliphatic rings. The number of aliphatic hydroxyl groups excluding tert-OH is 1. The Morgan fingerprint density at radius 2 is 2.14 bits per heavy atom. The molecule has 1 aromatic rings. The second kappa shape index (κ2) is 6.35. The third-order valence-electron chi connectivity index (χ3n) is 1.80. The third-order valence-corrected chi connectivity index (χ3v) is 2.52. The van der Waals surface area contributed by atoms with Gasteiger partial charge in [-0.15, -0.1) is 12.4 Å². The van der Waals surface area contributed by atoms with Crippen LogP contribution in [0, 0.1) is 5.82 Å². The van der Waals surface area contributed by atoms with Crippen LogP contribution in [0.5, 0.6) is 0 Å². The van der Waals surface area contributed by atoms with E-state index in [1.165, 1.54) is 12.1 Å². The molecule has 1 rings (SSSR count). The number of aliphatic hydroxyl groups is 1. The van der Waals surface area contributed by atoms with Crippen molar-refractivity contribution in [1.82, 2.24) is 0 Å². The fourth-order valence-electron chi connectivity index (χ4n) is 1.09. The van der Waals surface area contributed by atoms with E-state index in [-0.39, 0.29) is 30.9 Å². The molecule has 0 aromatic heterocycles. The predicted octanol–water partition coefficient (Wildman–Crippen LogP) is 2.39. The van der Waals surface area contributed by atoms with Gasteiger partial charge in [-0.1, -0.05) is 15.9 Å². The van der Waals surface area contributed by atoms with Crippen molar-refractivity contribution in [1.29, 1.82) is 0 Å². The molecule has 14 heavy (non-hydrogen) atoms. The van der Waals surface area contributed by atoms with Crippen molar-refractivity contribution in [2.45, 2.75) is 12.5 Å². The summed E-state index contributed by atoms with van der Waals surface area (Å²) in [6.45, 7) is 0.00409. The zero-order valence-corrected chi connectivity index (χ0v) is 9.81. The fourth-order valence-corrected chi connectivity index (χ4v) is 1.63. The van der Waals surface area contributed by atoms with Crippen molar-refractivity contribution < 1.29 is 9.50 Å². The van der Waals surface area contributed by atoms with E-state index in [9.17, 15) is 4.39 Å². The Morgan fingerprint density at radius 3 is 2.71 bits per heavy atom. The maximum atomic E-state index is 12.8. The number of hydrogen-bond acceptors (Lipinski definition) is 2. The normalized spacial score (nSPS) is 12.0.